The number of thioether (sulfide) groups is 1. The molecule has 0 amide bonds. The first kappa shape index (κ1) is 13.8. The summed E-state index contributed by atoms with van der Waals surface area (Å²) >= 11 is 1.49. The monoisotopic (exact) mass is 261 g/mol. The van der Waals surface area contributed by atoms with E-state index in [0.29, 0.717) is 18.7 Å². The maximum absolute atomic E-state index is 12.1. The Bertz CT molecular complexity index is 332. The van der Waals surface area contributed by atoms with Crippen molar-refractivity contribution in [3.8, 4) is 0 Å². The van der Waals surface area contributed by atoms with Crippen molar-refractivity contribution in [3.05, 3.63) is 30.3 Å². The molecule has 0 atom stereocenters. The van der Waals surface area contributed by atoms with Crippen LogP contribution in [0.25, 0.3) is 0 Å². The molecule has 90 valence electrons. The summed E-state index contributed by atoms with van der Waals surface area (Å²) in [4.78, 5) is 1.07. The van der Waals surface area contributed by atoms with Crippen LogP contribution in [0.2, 0.25) is 0 Å². The van der Waals surface area contributed by atoms with Crippen molar-refractivity contribution >= 4 is 19.4 Å². The van der Waals surface area contributed by atoms with Gasteiger partial charge in [0.1, 0.15) is 5.49 Å². The van der Waals surface area contributed by atoms with E-state index in [-0.39, 0.29) is 0 Å². The van der Waals surface area contributed by atoms with Crippen LogP contribution in [-0.2, 0) is 13.6 Å². The van der Waals surface area contributed by atoms with Gasteiger partial charge in [-0.05, 0) is 26.0 Å². The minimum atomic E-state index is -2.92. The largest absolute Gasteiger partial charge is 0.340 e. The van der Waals surface area contributed by atoms with Gasteiger partial charge in [0.2, 0.25) is 0 Å². The van der Waals surface area contributed by atoms with Crippen LogP contribution in [0.5, 0.6) is 0 Å². The summed E-state index contributed by atoms with van der Waals surface area (Å²) < 4.78 is 22.5. The van der Waals surface area contributed by atoms with E-state index in [0.717, 1.165) is 4.90 Å². The molecule has 0 unspecified atom stereocenters. The van der Waals surface area contributed by atoms with Gasteiger partial charge < -0.3 is 9.05 Å². The predicted octanol–water partition coefficient (Wildman–Crippen LogP) is 4.00. The van der Waals surface area contributed by atoms with Crippen molar-refractivity contribution in [2.24, 2.45) is 0 Å². The molecular weight excluding hydrogens is 244 g/mol. The topological polar surface area (TPSA) is 35.5 Å². The minimum absolute atomic E-state index is 0.360. The van der Waals surface area contributed by atoms with Gasteiger partial charge in [-0.2, -0.15) is 0 Å². The molecule has 0 aromatic heterocycles. The molecule has 0 saturated carbocycles. The van der Waals surface area contributed by atoms with Gasteiger partial charge in [0.05, 0.1) is 13.2 Å². The predicted molar refractivity (Wildman–Crippen MR) is 68.0 cm³/mol. The quantitative estimate of drug-likeness (QED) is 0.549. The maximum atomic E-state index is 12.1. The van der Waals surface area contributed by atoms with Crippen LogP contribution in [0, 0.1) is 0 Å². The normalized spacial score (nSPS) is 11.6. The van der Waals surface area contributed by atoms with Gasteiger partial charge in [-0.1, -0.05) is 18.2 Å². The fourth-order valence-corrected chi connectivity index (χ4v) is 4.21. The Morgan fingerprint density at radius 2 is 1.69 bits per heavy atom. The molecule has 0 aliphatic heterocycles. The Hall–Kier alpha value is -0.280. The lowest BCUT2D eigenvalue weighted by atomic mass is 10.5. The van der Waals surface area contributed by atoms with Gasteiger partial charge in [-0.15, -0.1) is 11.8 Å². The SMILES string of the molecule is CCOP(=O)(CS[13c]1ccccc1)OCC. The summed E-state index contributed by atoms with van der Waals surface area (Å²) in [5.41, 5.74) is 0.360. The smallest absolute Gasteiger partial charge is 0.308 e. The number of hydrogen-bond acceptors (Lipinski definition) is 4. The summed E-state index contributed by atoms with van der Waals surface area (Å²) in [7, 11) is -2.92. The van der Waals surface area contributed by atoms with Crippen molar-refractivity contribution in [1.82, 2.24) is 0 Å². The average Bonchev–Trinajstić information content (AvgIpc) is 2.29. The van der Waals surface area contributed by atoms with Crippen LogP contribution >= 0.6 is 19.4 Å². The first-order valence-electron chi connectivity index (χ1n) is 5.26. The van der Waals surface area contributed by atoms with Crippen LogP contribution in [-0.4, -0.2) is 18.7 Å². The van der Waals surface area contributed by atoms with Gasteiger partial charge in [0, 0.05) is 4.90 Å². The van der Waals surface area contributed by atoms with E-state index < -0.39 is 7.60 Å². The van der Waals surface area contributed by atoms with E-state index in [1.54, 1.807) is 0 Å². The lowest BCUT2D eigenvalue weighted by molar-refractivity contribution is 0.224. The van der Waals surface area contributed by atoms with Gasteiger partial charge >= 0.3 is 7.60 Å². The molecule has 0 fully saturated rings. The molecule has 0 heterocycles. The highest BCUT2D eigenvalue weighted by Gasteiger charge is 2.23. The van der Waals surface area contributed by atoms with Crippen molar-refractivity contribution in [1.29, 1.82) is 0 Å². The van der Waals surface area contributed by atoms with Gasteiger partial charge in [-0.25, -0.2) is 0 Å². The summed E-state index contributed by atoms with van der Waals surface area (Å²) in [5.74, 6) is 0. The standard InChI is InChI=1S/C11H17O3PS/c1-3-13-15(12,14-4-2)10-16-11-8-6-5-7-9-11/h5-9H,3-4,10H2,1-2H3/i11+1. The van der Waals surface area contributed by atoms with E-state index in [1.807, 2.05) is 44.2 Å². The van der Waals surface area contributed by atoms with Crippen molar-refractivity contribution in [3.63, 3.8) is 0 Å². The van der Waals surface area contributed by atoms with Crippen LogP contribution in [0.3, 0.4) is 0 Å². The first-order chi connectivity index (χ1) is 7.70. The molecule has 1 rings (SSSR count). The number of benzene rings is 1. The van der Waals surface area contributed by atoms with Crippen LogP contribution in [0.4, 0.5) is 0 Å². The third-order valence-electron chi connectivity index (χ3n) is 1.78. The molecule has 0 saturated heterocycles. The molecule has 0 spiro atoms. The lowest BCUT2D eigenvalue weighted by Gasteiger charge is -2.16. The van der Waals surface area contributed by atoms with E-state index in [4.69, 9.17) is 9.05 Å². The van der Waals surface area contributed by atoms with E-state index in [1.165, 1.54) is 11.8 Å². The Labute approximate surface area is 101 Å². The summed E-state index contributed by atoms with van der Waals surface area (Å²) in [6, 6.07) is 9.82. The van der Waals surface area contributed by atoms with Crippen molar-refractivity contribution < 1.29 is 13.6 Å². The number of rotatable bonds is 7. The highest BCUT2D eigenvalue weighted by Crippen LogP contribution is 2.51. The summed E-state index contributed by atoms with van der Waals surface area (Å²) in [5, 5.41) is 0. The van der Waals surface area contributed by atoms with Gasteiger partial charge in [0.25, 0.3) is 0 Å². The fraction of sp³-hybridized carbons (Fsp3) is 0.455. The summed E-state index contributed by atoms with van der Waals surface area (Å²) in [6.07, 6.45) is 0. The molecule has 0 bridgehead atoms. The second kappa shape index (κ2) is 7.13. The molecule has 5 heteroatoms. The second-order valence-electron chi connectivity index (χ2n) is 3.03. The average molecular weight is 261 g/mol. The molecule has 1 aromatic carbocycles. The zero-order chi connectivity index (χ0) is 11.9. The zero-order valence-corrected chi connectivity index (χ0v) is 11.3. The van der Waals surface area contributed by atoms with E-state index in [2.05, 4.69) is 0 Å². The Kier molecular flexibility index (Phi) is 6.14. The van der Waals surface area contributed by atoms with Crippen LogP contribution in [0.15, 0.2) is 35.2 Å². The van der Waals surface area contributed by atoms with Crippen molar-refractivity contribution in [2.45, 2.75) is 18.7 Å². The lowest BCUT2D eigenvalue weighted by Crippen LogP contribution is -1.97. The second-order valence-corrected chi connectivity index (χ2v) is 6.56. The maximum Gasteiger partial charge on any atom is 0.340 e. The van der Waals surface area contributed by atoms with Crippen LogP contribution < -0.4 is 0 Å². The molecule has 3 nitrogen and oxygen atoms in total. The molecule has 1 aromatic rings. The van der Waals surface area contributed by atoms with E-state index in [9.17, 15) is 4.57 Å². The third-order valence-corrected chi connectivity index (χ3v) is 5.47. The molecule has 0 N–H and O–H groups in total. The fourth-order valence-electron chi connectivity index (χ4n) is 1.18. The number of hydrogen-bond donors (Lipinski definition) is 0. The first-order valence-corrected chi connectivity index (χ1v) is 7.97. The summed E-state index contributed by atoms with van der Waals surface area (Å²) in [6.45, 7) is 4.46. The Balaban J connectivity index is 2.53. The molecule has 0 aliphatic carbocycles. The zero-order valence-electron chi connectivity index (χ0n) is 9.59. The Morgan fingerprint density at radius 3 is 2.19 bits per heavy atom. The highest BCUT2D eigenvalue weighted by molar-refractivity contribution is 8.04. The van der Waals surface area contributed by atoms with Gasteiger partial charge in [-0.3, -0.25) is 4.57 Å². The third kappa shape index (κ3) is 4.71. The minimum Gasteiger partial charge on any atom is -0.308 e. The molecule has 0 aliphatic rings. The molecule has 16 heavy (non-hydrogen) atoms. The highest BCUT2D eigenvalue weighted by atomic mass is 32.2. The van der Waals surface area contributed by atoms with E-state index >= 15 is 0 Å². The van der Waals surface area contributed by atoms with Gasteiger partial charge in [0.15, 0.2) is 0 Å². The Morgan fingerprint density at radius 1 is 1.12 bits per heavy atom. The molecule has 0 radical (unpaired) electrons. The van der Waals surface area contributed by atoms with Crippen LogP contribution in [0.1, 0.15) is 13.8 Å². The van der Waals surface area contributed by atoms with Crippen molar-refractivity contribution in [2.75, 3.05) is 18.7 Å². The molecular formula is C11H17O3PS.